The van der Waals surface area contributed by atoms with Crippen molar-refractivity contribution in [3.05, 3.63) is 143 Å². The summed E-state index contributed by atoms with van der Waals surface area (Å²) in [5.41, 5.74) is 5.34. The van der Waals surface area contributed by atoms with E-state index in [-0.39, 0.29) is 24.2 Å². The van der Waals surface area contributed by atoms with Crippen molar-refractivity contribution in [1.29, 1.82) is 0 Å². The van der Waals surface area contributed by atoms with Crippen LogP contribution in [0.4, 0.5) is 0 Å². The van der Waals surface area contributed by atoms with Crippen molar-refractivity contribution in [2.24, 2.45) is 0 Å². The number of hydrogen-bond donors (Lipinski definition) is 1. The molecule has 4 heteroatoms. The summed E-state index contributed by atoms with van der Waals surface area (Å²) in [6, 6.07) is 37.8. The molecule has 1 N–H and O–H groups in total. The molecule has 39 heavy (non-hydrogen) atoms. The second kappa shape index (κ2) is 14.1. The van der Waals surface area contributed by atoms with Crippen LogP contribution in [-0.4, -0.2) is 29.3 Å². The van der Waals surface area contributed by atoms with E-state index in [1.165, 1.54) is 0 Å². The molecule has 2 amide bonds. The zero-order valence-corrected chi connectivity index (χ0v) is 22.9. The Bertz CT molecular complexity index is 1280. The lowest BCUT2D eigenvalue weighted by molar-refractivity contribution is -0.141. The highest BCUT2D eigenvalue weighted by molar-refractivity contribution is 5.88. The summed E-state index contributed by atoms with van der Waals surface area (Å²) in [6.45, 7) is 5.03. The predicted octanol–water partition coefficient (Wildman–Crippen LogP) is 6.68. The maximum absolute atomic E-state index is 14.3. The van der Waals surface area contributed by atoms with E-state index in [0.717, 1.165) is 34.2 Å². The minimum absolute atomic E-state index is 0.0400. The van der Waals surface area contributed by atoms with Gasteiger partial charge in [0, 0.05) is 31.8 Å². The number of aryl methyl sites for hydroxylation is 1. The number of carbonyl (C=O) groups excluding carboxylic acids is 2. The SMILES string of the molecule is CCCNC(=O)[C@H](Cc1ccccc1)N(Cc1cccc(C)c1)C(=O)CC(c1ccccc1)c1ccccc1. The van der Waals surface area contributed by atoms with Gasteiger partial charge in [0.05, 0.1) is 0 Å². The molecule has 0 aromatic heterocycles. The number of rotatable bonds is 12. The van der Waals surface area contributed by atoms with E-state index in [0.29, 0.717) is 19.5 Å². The lowest BCUT2D eigenvalue weighted by Gasteiger charge is -2.33. The van der Waals surface area contributed by atoms with E-state index in [2.05, 4.69) is 35.6 Å². The molecule has 0 fully saturated rings. The highest BCUT2D eigenvalue weighted by atomic mass is 16.2. The van der Waals surface area contributed by atoms with Gasteiger partial charge in [0.15, 0.2) is 0 Å². The number of nitrogens with zero attached hydrogens (tertiary/aromatic N) is 1. The van der Waals surface area contributed by atoms with E-state index in [1.54, 1.807) is 4.90 Å². The number of benzene rings is 4. The van der Waals surface area contributed by atoms with E-state index in [9.17, 15) is 9.59 Å². The highest BCUT2D eigenvalue weighted by Crippen LogP contribution is 2.30. The normalized spacial score (nSPS) is 11.7. The van der Waals surface area contributed by atoms with Crippen molar-refractivity contribution in [3.8, 4) is 0 Å². The van der Waals surface area contributed by atoms with Crippen LogP contribution in [0, 0.1) is 6.92 Å². The first-order valence-electron chi connectivity index (χ1n) is 13.8. The molecule has 0 aliphatic carbocycles. The first kappa shape index (κ1) is 27.8. The second-order valence-electron chi connectivity index (χ2n) is 10.1. The summed E-state index contributed by atoms with van der Waals surface area (Å²) in [5.74, 6) is -0.268. The smallest absolute Gasteiger partial charge is 0.243 e. The Morgan fingerprint density at radius 2 is 1.31 bits per heavy atom. The van der Waals surface area contributed by atoms with E-state index >= 15 is 0 Å². The molecule has 0 spiro atoms. The van der Waals surface area contributed by atoms with Crippen molar-refractivity contribution in [3.63, 3.8) is 0 Å². The molecule has 0 radical (unpaired) electrons. The van der Waals surface area contributed by atoms with Crippen LogP contribution in [-0.2, 0) is 22.6 Å². The van der Waals surface area contributed by atoms with Crippen molar-refractivity contribution in [1.82, 2.24) is 10.2 Å². The second-order valence-corrected chi connectivity index (χ2v) is 10.1. The van der Waals surface area contributed by atoms with E-state index in [1.807, 2.05) is 98.8 Å². The molecule has 4 aromatic carbocycles. The third kappa shape index (κ3) is 7.90. The average molecular weight is 519 g/mol. The van der Waals surface area contributed by atoms with Gasteiger partial charge in [-0.1, -0.05) is 128 Å². The van der Waals surface area contributed by atoms with E-state index < -0.39 is 6.04 Å². The molecule has 4 nitrogen and oxygen atoms in total. The van der Waals surface area contributed by atoms with E-state index in [4.69, 9.17) is 0 Å². The molecule has 200 valence electrons. The molecule has 0 bridgehead atoms. The Morgan fingerprint density at radius 1 is 0.744 bits per heavy atom. The molecular weight excluding hydrogens is 480 g/mol. The van der Waals surface area contributed by atoms with Gasteiger partial charge in [-0.3, -0.25) is 9.59 Å². The van der Waals surface area contributed by atoms with Gasteiger partial charge < -0.3 is 10.2 Å². The summed E-state index contributed by atoms with van der Waals surface area (Å²) in [7, 11) is 0. The Balaban J connectivity index is 1.72. The van der Waals surface area contributed by atoms with Gasteiger partial charge in [0.25, 0.3) is 0 Å². The standard InChI is InChI=1S/C35H38N2O2/c1-3-22-36-35(39)33(24-28-15-7-4-8-16-28)37(26-29-17-13-14-27(2)23-29)34(38)25-32(30-18-9-5-10-19-30)31-20-11-6-12-21-31/h4-21,23,32-33H,3,22,24-26H2,1-2H3,(H,36,39)/t33-/m0/s1. The fourth-order valence-electron chi connectivity index (χ4n) is 5.02. The minimum Gasteiger partial charge on any atom is -0.354 e. The third-order valence-corrected chi connectivity index (χ3v) is 7.04. The van der Waals surface area contributed by atoms with Crippen LogP contribution >= 0.6 is 0 Å². The Labute approximate surface area is 232 Å². The van der Waals surface area contributed by atoms with Crippen LogP contribution in [0.5, 0.6) is 0 Å². The van der Waals surface area contributed by atoms with Crippen LogP contribution in [0.2, 0.25) is 0 Å². The van der Waals surface area contributed by atoms with Crippen molar-refractivity contribution in [2.75, 3.05) is 6.54 Å². The van der Waals surface area contributed by atoms with Crippen LogP contribution in [0.1, 0.15) is 53.5 Å². The molecule has 0 aliphatic rings. The molecule has 0 aliphatic heterocycles. The number of hydrogen-bond acceptors (Lipinski definition) is 2. The van der Waals surface area contributed by atoms with Gasteiger partial charge in [-0.2, -0.15) is 0 Å². The van der Waals surface area contributed by atoms with Gasteiger partial charge in [-0.15, -0.1) is 0 Å². The number of carbonyl (C=O) groups is 2. The van der Waals surface area contributed by atoms with Crippen LogP contribution in [0.3, 0.4) is 0 Å². The lowest BCUT2D eigenvalue weighted by Crippen LogP contribution is -2.50. The maximum atomic E-state index is 14.3. The van der Waals surface area contributed by atoms with Gasteiger partial charge in [0.2, 0.25) is 11.8 Å². The topological polar surface area (TPSA) is 49.4 Å². The molecular formula is C35H38N2O2. The Kier molecular flexibility index (Phi) is 10.1. The molecule has 4 aromatic rings. The maximum Gasteiger partial charge on any atom is 0.243 e. The number of amides is 2. The summed E-state index contributed by atoms with van der Waals surface area (Å²) in [5, 5.41) is 3.07. The molecule has 1 atom stereocenters. The molecule has 0 unspecified atom stereocenters. The van der Waals surface area contributed by atoms with Crippen molar-refractivity contribution < 1.29 is 9.59 Å². The number of nitrogens with one attached hydrogen (secondary N) is 1. The monoisotopic (exact) mass is 518 g/mol. The first-order valence-corrected chi connectivity index (χ1v) is 13.8. The zero-order valence-electron chi connectivity index (χ0n) is 22.9. The fraction of sp³-hybridized carbons (Fsp3) is 0.257. The molecule has 0 saturated carbocycles. The summed E-state index contributed by atoms with van der Waals surface area (Å²) in [6.07, 6.45) is 1.56. The predicted molar refractivity (Wildman–Crippen MR) is 158 cm³/mol. The van der Waals surface area contributed by atoms with Crippen molar-refractivity contribution in [2.45, 2.75) is 51.6 Å². The third-order valence-electron chi connectivity index (χ3n) is 7.04. The Morgan fingerprint density at radius 3 is 1.87 bits per heavy atom. The molecule has 4 rings (SSSR count). The summed E-state index contributed by atoms with van der Waals surface area (Å²) < 4.78 is 0. The lowest BCUT2D eigenvalue weighted by atomic mass is 9.87. The van der Waals surface area contributed by atoms with Crippen LogP contribution < -0.4 is 5.32 Å². The Hall–Kier alpha value is -4.18. The largest absolute Gasteiger partial charge is 0.354 e. The van der Waals surface area contributed by atoms with Gasteiger partial charge in [-0.25, -0.2) is 0 Å². The molecule has 0 saturated heterocycles. The quantitative estimate of drug-likeness (QED) is 0.227. The fourth-order valence-corrected chi connectivity index (χ4v) is 5.02. The van der Waals surface area contributed by atoms with Gasteiger partial charge in [-0.05, 0) is 35.6 Å². The minimum atomic E-state index is -0.626. The summed E-state index contributed by atoms with van der Waals surface area (Å²) in [4.78, 5) is 29.8. The highest BCUT2D eigenvalue weighted by Gasteiger charge is 2.32. The average Bonchev–Trinajstić information content (AvgIpc) is 2.97. The zero-order chi connectivity index (χ0) is 27.5. The van der Waals surface area contributed by atoms with Crippen molar-refractivity contribution >= 4 is 11.8 Å². The first-order chi connectivity index (χ1) is 19.0. The van der Waals surface area contributed by atoms with Gasteiger partial charge in [0.1, 0.15) is 6.04 Å². The summed E-state index contributed by atoms with van der Waals surface area (Å²) >= 11 is 0. The van der Waals surface area contributed by atoms with Gasteiger partial charge >= 0.3 is 0 Å². The van der Waals surface area contributed by atoms with Crippen LogP contribution in [0.15, 0.2) is 115 Å². The molecule has 0 heterocycles. The van der Waals surface area contributed by atoms with Crippen LogP contribution in [0.25, 0.3) is 0 Å².